The number of likely N-dealkylation sites (tertiary alicyclic amines) is 1. The first-order valence-corrected chi connectivity index (χ1v) is 14.1. The molecule has 186 valence electrons. The van der Waals surface area contributed by atoms with Gasteiger partial charge in [0, 0.05) is 36.0 Å². The van der Waals surface area contributed by atoms with E-state index in [0.717, 1.165) is 61.2 Å². The Balaban J connectivity index is 1.36. The Hall–Kier alpha value is -3.22. The van der Waals surface area contributed by atoms with Gasteiger partial charge >= 0.3 is 0 Å². The van der Waals surface area contributed by atoms with Crippen LogP contribution in [-0.4, -0.2) is 50.8 Å². The van der Waals surface area contributed by atoms with E-state index in [2.05, 4.69) is 32.3 Å². The molecule has 1 saturated heterocycles. The topological polar surface area (TPSA) is 96.3 Å². The maximum atomic E-state index is 13.4. The van der Waals surface area contributed by atoms with E-state index < -0.39 is 10.0 Å². The number of aromatic nitrogens is 4. The fraction of sp³-hybridized carbons (Fsp3) is 0.444. The molecule has 1 aliphatic heterocycles. The number of hydrogen-bond acceptors (Lipinski definition) is 6. The summed E-state index contributed by atoms with van der Waals surface area (Å²) >= 11 is 0. The predicted octanol–water partition coefficient (Wildman–Crippen LogP) is 4.35. The van der Waals surface area contributed by atoms with Crippen molar-refractivity contribution in [2.24, 2.45) is 11.8 Å². The Bertz CT molecular complexity index is 1570. The van der Waals surface area contributed by atoms with Gasteiger partial charge in [-0.2, -0.15) is 5.26 Å². The highest BCUT2D eigenvalue weighted by molar-refractivity contribution is 7.90. The SMILES string of the molecule is Cc1ccc(S(=O)(=O)n2ccc3c2ncc2ncc(C4CC(N5CCC(C#N)CC5)CC4C)n23)cc1. The van der Waals surface area contributed by atoms with Gasteiger partial charge in [0.1, 0.15) is 0 Å². The van der Waals surface area contributed by atoms with Crippen LogP contribution in [0.4, 0.5) is 0 Å². The van der Waals surface area contributed by atoms with Gasteiger partial charge in [0.05, 0.1) is 22.7 Å². The molecule has 0 radical (unpaired) electrons. The molecule has 4 heterocycles. The van der Waals surface area contributed by atoms with Crippen LogP contribution in [-0.2, 0) is 10.0 Å². The number of benzene rings is 1. The molecule has 6 rings (SSSR count). The van der Waals surface area contributed by atoms with E-state index in [0.29, 0.717) is 23.5 Å². The molecular formula is C27H30N6O2S. The van der Waals surface area contributed by atoms with Gasteiger partial charge in [0.15, 0.2) is 11.3 Å². The molecule has 2 fully saturated rings. The summed E-state index contributed by atoms with van der Waals surface area (Å²) in [7, 11) is -3.77. The summed E-state index contributed by atoms with van der Waals surface area (Å²) in [5.41, 5.74) is 4.01. The summed E-state index contributed by atoms with van der Waals surface area (Å²) in [6.07, 6.45) is 9.26. The summed E-state index contributed by atoms with van der Waals surface area (Å²) in [6, 6.07) is 11.6. The van der Waals surface area contributed by atoms with Crippen LogP contribution in [0.25, 0.3) is 16.8 Å². The van der Waals surface area contributed by atoms with E-state index in [4.69, 9.17) is 0 Å². The third-order valence-corrected chi connectivity index (χ3v) is 9.89. The fourth-order valence-electron chi connectivity index (χ4n) is 6.14. The minimum absolute atomic E-state index is 0.190. The van der Waals surface area contributed by atoms with Gasteiger partial charge < -0.3 is 4.90 Å². The van der Waals surface area contributed by atoms with Crippen LogP contribution >= 0.6 is 0 Å². The van der Waals surface area contributed by atoms with Crippen molar-refractivity contribution in [3.8, 4) is 6.07 Å². The summed E-state index contributed by atoms with van der Waals surface area (Å²) in [6.45, 7) is 6.22. The van der Waals surface area contributed by atoms with E-state index in [1.54, 1.807) is 36.7 Å². The Morgan fingerprint density at radius 2 is 1.78 bits per heavy atom. The third-order valence-electron chi connectivity index (χ3n) is 8.21. The molecule has 1 saturated carbocycles. The van der Waals surface area contributed by atoms with Crippen LogP contribution in [0.15, 0.2) is 53.8 Å². The van der Waals surface area contributed by atoms with Gasteiger partial charge in [-0.1, -0.05) is 24.6 Å². The Morgan fingerprint density at radius 3 is 2.50 bits per heavy atom. The highest BCUT2D eigenvalue weighted by Gasteiger charge is 2.38. The van der Waals surface area contributed by atoms with Gasteiger partial charge in [0.25, 0.3) is 10.0 Å². The standard InChI is InChI=1S/C27H30N6O2S/c1-18-3-5-22(6-4-18)36(34,35)32-12-9-24-27(32)30-17-26-29-16-25(33(24)26)23-14-21(13-19(23)2)31-10-7-20(15-28)8-11-31/h3-6,9,12,16-17,19-21,23H,7-8,10-11,13-14H2,1-2H3. The average Bonchev–Trinajstić information content (AvgIpc) is 3.60. The minimum Gasteiger partial charge on any atom is -0.300 e. The van der Waals surface area contributed by atoms with Crippen LogP contribution in [0.3, 0.4) is 0 Å². The molecule has 3 atom stereocenters. The molecule has 4 aromatic rings. The van der Waals surface area contributed by atoms with Crippen molar-refractivity contribution >= 4 is 26.8 Å². The number of fused-ring (bicyclic) bond motifs is 3. The second-order valence-corrected chi connectivity index (χ2v) is 12.2. The molecule has 2 aliphatic rings. The summed E-state index contributed by atoms with van der Waals surface area (Å²) < 4.78 is 30.2. The quantitative estimate of drug-likeness (QED) is 0.412. The van der Waals surface area contributed by atoms with Crippen molar-refractivity contribution in [3.05, 3.63) is 60.2 Å². The van der Waals surface area contributed by atoms with Gasteiger partial charge in [-0.05, 0) is 69.8 Å². The van der Waals surface area contributed by atoms with Gasteiger partial charge in [-0.3, -0.25) is 4.40 Å². The van der Waals surface area contributed by atoms with Crippen molar-refractivity contribution in [1.82, 2.24) is 23.2 Å². The monoisotopic (exact) mass is 502 g/mol. The second kappa shape index (κ2) is 8.71. The number of hydrogen-bond donors (Lipinski definition) is 0. The molecule has 3 unspecified atom stereocenters. The van der Waals surface area contributed by atoms with E-state index in [1.165, 1.54) is 3.97 Å². The summed E-state index contributed by atoms with van der Waals surface area (Å²) in [5, 5.41) is 9.24. The molecule has 8 nitrogen and oxygen atoms in total. The van der Waals surface area contributed by atoms with Gasteiger partial charge in [-0.25, -0.2) is 22.4 Å². The number of rotatable bonds is 4. The fourth-order valence-corrected chi connectivity index (χ4v) is 7.44. The minimum atomic E-state index is -3.77. The highest BCUT2D eigenvalue weighted by Crippen LogP contribution is 2.43. The normalized spacial score (nSPS) is 24.0. The number of nitriles is 1. The predicted molar refractivity (Wildman–Crippen MR) is 137 cm³/mol. The van der Waals surface area contributed by atoms with Crippen LogP contribution in [0.2, 0.25) is 0 Å². The molecule has 36 heavy (non-hydrogen) atoms. The molecule has 1 aliphatic carbocycles. The zero-order valence-electron chi connectivity index (χ0n) is 20.6. The Morgan fingerprint density at radius 1 is 1.03 bits per heavy atom. The molecule has 0 N–H and O–H groups in total. The van der Waals surface area contributed by atoms with E-state index >= 15 is 0 Å². The molecule has 1 aromatic carbocycles. The van der Waals surface area contributed by atoms with Crippen LogP contribution in [0.5, 0.6) is 0 Å². The number of imidazole rings is 1. The van der Waals surface area contributed by atoms with Crippen molar-refractivity contribution < 1.29 is 8.42 Å². The zero-order valence-corrected chi connectivity index (χ0v) is 21.4. The molecule has 0 bridgehead atoms. The first-order chi connectivity index (χ1) is 17.4. The number of nitrogens with zero attached hydrogens (tertiary/aromatic N) is 6. The number of aryl methyl sites for hydroxylation is 1. The Kier molecular flexibility index (Phi) is 5.61. The van der Waals surface area contributed by atoms with E-state index in [9.17, 15) is 13.7 Å². The summed E-state index contributed by atoms with van der Waals surface area (Å²) in [5.74, 6) is 0.988. The van der Waals surface area contributed by atoms with E-state index in [1.807, 2.05) is 19.2 Å². The maximum Gasteiger partial charge on any atom is 0.269 e. The molecule has 0 amide bonds. The molecule has 0 spiro atoms. The van der Waals surface area contributed by atoms with E-state index in [-0.39, 0.29) is 10.8 Å². The van der Waals surface area contributed by atoms with Gasteiger partial charge in [-0.15, -0.1) is 0 Å². The highest BCUT2D eigenvalue weighted by atomic mass is 32.2. The van der Waals surface area contributed by atoms with Crippen molar-refractivity contribution in [2.75, 3.05) is 13.1 Å². The second-order valence-electron chi connectivity index (χ2n) is 10.4. The van der Waals surface area contributed by atoms with Crippen molar-refractivity contribution in [2.45, 2.75) is 56.4 Å². The van der Waals surface area contributed by atoms with Crippen LogP contribution in [0, 0.1) is 30.1 Å². The lowest BCUT2D eigenvalue weighted by Crippen LogP contribution is -2.40. The van der Waals surface area contributed by atoms with Crippen molar-refractivity contribution in [1.29, 1.82) is 5.26 Å². The lowest BCUT2D eigenvalue weighted by molar-refractivity contribution is 0.146. The maximum absolute atomic E-state index is 13.4. The van der Waals surface area contributed by atoms with Crippen LogP contribution in [0.1, 0.15) is 49.8 Å². The van der Waals surface area contributed by atoms with Crippen LogP contribution < -0.4 is 0 Å². The molecular weight excluding hydrogens is 472 g/mol. The lowest BCUT2D eigenvalue weighted by atomic mass is 9.95. The zero-order chi connectivity index (χ0) is 25.0. The van der Waals surface area contributed by atoms with Gasteiger partial charge in [0.2, 0.25) is 0 Å². The summed E-state index contributed by atoms with van der Waals surface area (Å²) in [4.78, 5) is 12.0. The first-order valence-electron chi connectivity index (χ1n) is 12.7. The Labute approximate surface area is 211 Å². The average molecular weight is 503 g/mol. The smallest absolute Gasteiger partial charge is 0.269 e. The first kappa shape index (κ1) is 23.2. The third kappa shape index (κ3) is 3.71. The lowest BCUT2D eigenvalue weighted by Gasteiger charge is -2.34. The molecule has 3 aromatic heterocycles. The largest absolute Gasteiger partial charge is 0.300 e. The van der Waals surface area contributed by atoms with Crippen molar-refractivity contribution in [3.63, 3.8) is 0 Å². The molecule has 9 heteroatoms. The number of piperidine rings is 1.